The number of aryl methyl sites for hydroxylation is 1. The number of thiazole rings is 1. The number of nitrogens with one attached hydrogen (secondary N) is 1. The van der Waals surface area contributed by atoms with Crippen molar-refractivity contribution in [3.05, 3.63) is 40.6 Å². The molecule has 0 saturated carbocycles. The average molecular weight is 271 g/mol. The summed E-state index contributed by atoms with van der Waals surface area (Å²) in [5.74, 6) is 0.783. The summed E-state index contributed by atoms with van der Waals surface area (Å²) in [7, 11) is 0. The molecule has 3 aromatic rings. The van der Waals surface area contributed by atoms with Gasteiger partial charge in [0.1, 0.15) is 17.2 Å². The zero-order chi connectivity index (χ0) is 13.2. The highest BCUT2D eigenvalue weighted by Crippen LogP contribution is 2.22. The molecular weight excluding hydrogens is 258 g/mol. The van der Waals surface area contributed by atoms with E-state index < -0.39 is 0 Å². The Labute approximate surface area is 114 Å². The number of nitrogens with two attached hydrogens (primary N) is 1. The van der Waals surface area contributed by atoms with Crippen molar-refractivity contribution in [1.29, 1.82) is 0 Å². The molecule has 19 heavy (non-hydrogen) atoms. The SMILES string of the molecule is Cc1csc(CNc2ncnc3ccc(N)cc23)n1. The van der Waals surface area contributed by atoms with Crippen LogP contribution in [-0.2, 0) is 6.54 Å². The van der Waals surface area contributed by atoms with Gasteiger partial charge in [-0.2, -0.15) is 0 Å². The summed E-state index contributed by atoms with van der Waals surface area (Å²) in [6.45, 7) is 2.64. The molecule has 3 rings (SSSR count). The molecule has 2 aromatic heterocycles. The molecule has 0 bridgehead atoms. The molecular formula is C13H13N5S. The third-order valence-electron chi connectivity index (χ3n) is 2.73. The summed E-state index contributed by atoms with van der Waals surface area (Å²) in [6, 6.07) is 5.61. The van der Waals surface area contributed by atoms with Crippen molar-refractivity contribution >= 4 is 33.7 Å². The molecule has 5 nitrogen and oxygen atoms in total. The first-order valence-electron chi connectivity index (χ1n) is 5.87. The molecule has 96 valence electrons. The number of anilines is 2. The standard InChI is InChI=1S/C13H13N5S/c1-8-6-19-12(18-8)5-15-13-10-4-9(14)2-3-11(10)16-7-17-13/h2-4,6-7H,5,14H2,1H3,(H,15,16,17). The van der Waals surface area contributed by atoms with Gasteiger partial charge in [0.15, 0.2) is 0 Å². The van der Waals surface area contributed by atoms with Gasteiger partial charge in [-0.3, -0.25) is 0 Å². The van der Waals surface area contributed by atoms with Gasteiger partial charge in [0, 0.05) is 22.1 Å². The van der Waals surface area contributed by atoms with E-state index in [9.17, 15) is 0 Å². The molecule has 0 aliphatic carbocycles. The molecule has 0 saturated heterocycles. The second-order valence-electron chi connectivity index (χ2n) is 4.24. The molecule has 3 N–H and O–H groups in total. The van der Waals surface area contributed by atoms with E-state index >= 15 is 0 Å². The lowest BCUT2D eigenvalue weighted by molar-refractivity contribution is 1.06. The summed E-state index contributed by atoms with van der Waals surface area (Å²) < 4.78 is 0. The third-order valence-corrected chi connectivity index (χ3v) is 3.70. The third kappa shape index (κ3) is 2.48. The zero-order valence-electron chi connectivity index (χ0n) is 10.4. The van der Waals surface area contributed by atoms with Crippen molar-refractivity contribution in [3.8, 4) is 0 Å². The zero-order valence-corrected chi connectivity index (χ0v) is 11.2. The van der Waals surface area contributed by atoms with Crippen molar-refractivity contribution in [2.24, 2.45) is 0 Å². The fourth-order valence-corrected chi connectivity index (χ4v) is 2.57. The lowest BCUT2D eigenvalue weighted by atomic mass is 10.2. The van der Waals surface area contributed by atoms with Crippen LogP contribution < -0.4 is 11.1 Å². The van der Waals surface area contributed by atoms with Gasteiger partial charge in [-0.1, -0.05) is 0 Å². The Morgan fingerprint density at radius 1 is 1.32 bits per heavy atom. The normalized spacial score (nSPS) is 10.8. The Morgan fingerprint density at radius 2 is 2.21 bits per heavy atom. The molecule has 0 unspecified atom stereocenters. The number of aromatic nitrogens is 3. The van der Waals surface area contributed by atoms with Crippen LogP contribution in [-0.4, -0.2) is 15.0 Å². The average Bonchev–Trinajstić information content (AvgIpc) is 2.82. The second-order valence-corrected chi connectivity index (χ2v) is 5.18. The number of nitrogen functional groups attached to an aromatic ring is 1. The predicted molar refractivity (Wildman–Crippen MR) is 78.1 cm³/mol. The van der Waals surface area contributed by atoms with Gasteiger partial charge in [-0.05, 0) is 25.1 Å². The number of benzene rings is 1. The molecule has 1 aromatic carbocycles. The molecule has 0 aliphatic rings. The van der Waals surface area contributed by atoms with E-state index in [1.807, 2.05) is 30.5 Å². The first-order valence-corrected chi connectivity index (χ1v) is 6.75. The lowest BCUT2D eigenvalue weighted by Gasteiger charge is -2.07. The minimum Gasteiger partial charge on any atom is -0.399 e. The van der Waals surface area contributed by atoms with Crippen LogP contribution in [0.15, 0.2) is 29.9 Å². The highest BCUT2D eigenvalue weighted by Gasteiger charge is 2.05. The molecule has 6 heteroatoms. The van der Waals surface area contributed by atoms with Crippen LogP contribution in [0.3, 0.4) is 0 Å². The van der Waals surface area contributed by atoms with Gasteiger partial charge in [0.05, 0.1) is 12.1 Å². The largest absolute Gasteiger partial charge is 0.399 e. The Kier molecular flexibility index (Phi) is 3.00. The van der Waals surface area contributed by atoms with Gasteiger partial charge < -0.3 is 11.1 Å². The topological polar surface area (TPSA) is 76.7 Å². The number of hydrogen-bond donors (Lipinski definition) is 2. The van der Waals surface area contributed by atoms with E-state index in [-0.39, 0.29) is 0 Å². The van der Waals surface area contributed by atoms with Crippen LogP contribution in [0.5, 0.6) is 0 Å². The highest BCUT2D eigenvalue weighted by atomic mass is 32.1. The quantitative estimate of drug-likeness (QED) is 0.716. The number of rotatable bonds is 3. The first kappa shape index (κ1) is 11.9. The van der Waals surface area contributed by atoms with E-state index in [4.69, 9.17) is 5.73 Å². The van der Waals surface area contributed by atoms with Crippen molar-refractivity contribution < 1.29 is 0 Å². The van der Waals surface area contributed by atoms with E-state index in [0.717, 1.165) is 27.4 Å². The molecule has 0 amide bonds. The summed E-state index contributed by atoms with van der Waals surface area (Å²) in [4.78, 5) is 12.9. The van der Waals surface area contributed by atoms with Crippen LogP contribution in [0.25, 0.3) is 10.9 Å². The van der Waals surface area contributed by atoms with Gasteiger partial charge in [-0.15, -0.1) is 11.3 Å². The van der Waals surface area contributed by atoms with Gasteiger partial charge >= 0.3 is 0 Å². The minimum absolute atomic E-state index is 0.652. The number of hydrogen-bond acceptors (Lipinski definition) is 6. The monoisotopic (exact) mass is 271 g/mol. The summed E-state index contributed by atoms with van der Waals surface area (Å²) in [6.07, 6.45) is 1.55. The highest BCUT2D eigenvalue weighted by molar-refractivity contribution is 7.09. The Balaban J connectivity index is 1.90. The Hall–Kier alpha value is -2.21. The summed E-state index contributed by atoms with van der Waals surface area (Å²) in [5, 5.41) is 7.28. The maximum absolute atomic E-state index is 5.81. The predicted octanol–water partition coefficient (Wildman–Crippen LogP) is 2.59. The summed E-state index contributed by atoms with van der Waals surface area (Å²) >= 11 is 1.64. The fraction of sp³-hybridized carbons (Fsp3) is 0.154. The van der Waals surface area contributed by atoms with Gasteiger partial charge in [0.25, 0.3) is 0 Å². The van der Waals surface area contributed by atoms with Crippen molar-refractivity contribution in [1.82, 2.24) is 15.0 Å². The smallest absolute Gasteiger partial charge is 0.137 e. The molecule has 0 spiro atoms. The van der Waals surface area contributed by atoms with E-state index in [0.29, 0.717) is 12.2 Å². The van der Waals surface area contributed by atoms with Crippen LogP contribution in [0.2, 0.25) is 0 Å². The van der Waals surface area contributed by atoms with Crippen LogP contribution >= 0.6 is 11.3 Å². The minimum atomic E-state index is 0.652. The second kappa shape index (κ2) is 4.81. The van der Waals surface area contributed by atoms with Crippen molar-refractivity contribution in [3.63, 3.8) is 0 Å². The number of nitrogens with zero attached hydrogens (tertiary/aromatic N) is 3. The van der Waals surface area contributed by atoms with Crippen molar-refractivity contribution in [2.45, 2.75) is 13.5 Å². The van der Waals surface area contributed by atoms with Crippen LogP contribution in [0.1, 0.15) is 10.7 Å². The molecule has 0 atom stereocenters. The van der Waals surface area contributed by atoms with Gasteiger partial charge in [-0.25, -0.2) is 15.0 Å². The van der Waals surface area contributed by atoms with E-state index in [2.05, 4.69) is 20.3 Å². The van der Waals surface area contributed by atoms with Crippen LogP contribution in [0.4, 0.5) is 11.5 Å². The maximum Gasteiger partial charge on any atom is 0.137 e. The van der Waals surface area contributed by atoms with E-state index in [1.54, 1.807) is 17.7 Å². The Bertz CT molecular complexity index is 722. The van der Waals surface area contributed by atoms with Gasteiger partial charge in [0.2, 0.25) is 0 Å². The Morgan fingerprint density at radius 3 is 3.00 bits per heavy atom. The lowest BCUT2D eigenvalue weighted by Crippen LogP contribution is -2.02. The fourth-order valence-electron chi connectivity index (χ4n) is 1.86. The molecule has 2 heterocycles. The van der Waals surface area contributed by atoms with Crippen molar-refractivity contribution in [2.75, 3.05) is 11.1 Å². The maximum atomic E-state index is 5.81. The molecule has 0 radical (unpaired) electrons. The van der Waals surface area contributed by atoms with E-state index in [1.165, 1.54) is 0 Å². The molecule has 0 aliphatic heterocycles. The summed E-state index contributed by atoms with van der Waals surface area (Å²) in [5.41, 5.74) is 8.43. The molecule has 0 fully saturated rings. The first-order chi connectivity index (χ1) is 9.22. The van der Waals surface area contributed by atoms with Crippen LogP contribution in [0, 0.1) is 6.92 Å². The number of fused-ring (bicyclic) bond motifs is 1.